The zero-order valence-electron chi connectivity index (χ0n) is 8.30. The Morgan fingerprint density at radius 2 is 2.27 bits per heavy atom. The minimum absolute atomic E-state index is 0.0281. The van der Waals surface area contributed by atoms with Crippen molar-refractivity contribution in [2.45, 2.75) is 5.54 Å². The highest BCUT2D eigenvalue weighted by atomic mass is 16.5. The molecule has 0 saturated heterocycles. The summed E-state index contributed by atoms with van der Waals surface area (Å²) < 4.78 is 4.49. The van der Waals surface area contributed by atoms with Gasteiger partial charge in [-0.3, -0.25) is 0 Å². The van der Waals surface area contributed by atoms with Crippen molar-refractivity contribution in [1.29, 1.82) is 0 Å². The van der Waals surface area contributed by atoms with E-state index in [1.807, 2.05) is 0 Å². The summed E-state index contributed by atoms with van der Waals surface area (Å²) in [6.45, 7) is -0.594. The van der Waals surface area contributed by atoms with E-state index in [9.17, 15) is 9.90 Å². The molecule has 0 radical (unpaired) electrons. The lowest BCUT2D eigenvalue weighted by molar-refractivity contribution is -0.149. The van der Waals surface area contributed by atoms with Crippen LogP contribution in [0.1, 0.15) is 5.56 Å². The number of rotatable bonds is 3. The Bertz CT molecular complexity index is 366. The maximum absolute atomic E-state index is 11.4. The second-order valence-electron chi connectivity index (χ2n) is 3.17. The molecule has 0 fully saturated rings. The number of esters is 1. The van der Waals surface area contributed by atoms with Gasteiger partial charge in [0.25, 0.3) is 0 Å². The topological polar surface area (TPSA) is 92.8 Å². The van der Waals surface area contributed by atoms with Crippen molar-refractivity contribution in [2.75, 3.05) is 13.7 Å². The molecule has 0 saturated carbocycles. The third-order valence-corrected chi connectivity index (χ3v) is 2.16. The number of methoxy groups -OCH3 is 1. The Labute approximate surface area is 87.1 Å². The van der Waals surface area contributed by atoms with E-state index in [1.54, 1.807) is 0 Å². The fourth-order valence-corrected chi connectivity index (χ4v) is 1.24. The SMILES string of the molecule is COC(=O)C(N)(CO)c1cccc(O)c1. The van der Waals surface area contributed by atoms with E-state index in [-0.39, 0.29) is 5.75 Å². The summed E-state index contributed by atoms with van der Waals surface area (Å²) in [6, 6.07) is 5.82. The van der Waals surface area contributed by atoms with Gasteiger partial charge < -0.3 is 20.7 Å². The number of hydrogen-bond donors (Lipinski definition) is 3. The third kappa shape index (κ3) is 2.08. The molecule has 1 aromatic rings. The van der Waals surface area contributed by atoms with Crippen LogP contribution in [0.25, 0.3) is 0 Å². The van der Waals surface area contributed by atoms with Crippen LogP contribution in [0, 0.1) is 0 Å². The minimum Gasteiger partial charge on any atom is -0.508 e. The number of benzene rings is 1. The Morgan fingerprint density at radius 1 is 1.60 bits per heavy atom. The predicted molar refractivity (Wildman–Crippen MR) is 53.1 cm³/mol. The first kappa shape index (κ1) is 11.5. The number of nitrogens with two attached hydrogens (primary N) is 1. The molecule has 5 nitrogen and oxygen atoms in total. The monoisotopic (exact) mass is 211 g/mol. The minimum atomic E-state index is -1.63. The molecule has 15 heavy (non-hydrogen) atoms. The largest absolute Gasteiger partial charge is 0.508 e. The second kappa shape index (κ2) is 4.29. The summed E-state index contributed by atoms with van der Waals surface area (Å²) >= 11 is 0. The maximum atomic E-state index is 11.4. The molecule has 4 N–H and O–H groups in total. The van der Waals surface area contributed by atoms with Gasteiger partial charge in [0.1, 0.15) is 5.75 Å². The number of aromatic hydroxyl groups is 1. The highest BCUT2D eigenvalue weighted by Gasteiger charge is 2.36. The second-order valence-corrected chi connectivity index (χ2v) is 3.17. The average Bonchev–Trinajstić information content (AvgIpc) is 2.26. The van der Waals surface area contributed by atoms with Gasteiger partial charge in [0.05, 0.1) is 13.7 Å². The highest BCUT2D eigenvalue weighted by molar-refractivity contribution is 5.82. The zero-order chi connectivity index (χ0) is 11.5. The van der Waals surface area contributed by atoms with E-state index in [0.717, 1.165) is 0 Å². The van der Waals surface area contributed by atoms with Gasteiger partial charge in [-0.05, 0) is 17.7 Å². The summed E-state index contributed by atoms with van der Waals surface area (Å²) in [5, 5.41) is 18.4. The number of hydrogen-bond acceptors (Lipinski definition) is 5. The van der Waals surface area contributed by atoms with Gasteiger partial charge >= 0.3 is 5.97 Å². The van der Waals surface area contributed by atoms with Gasteiger partial charge in [0, 0.05) is 0 Å². The van der Waals surface area contributed by atoms with E-state index in [0.29, 0.717) is 5.56 Å². The van der Waals surface area contributed by atoms with Crippen LogP contribution in [0.4, 0.5) is 0 Å². The maximum Gasteiger partial charge on any atom is 0.332 e. The standard InChI is InChI=1S/C10H13NO4/c1-15-9(14)10(11,6-12)7-3-2-4-8(13)5-7/h2-5,12-13H,6,11H2,1H3. The van der Waals surface area contributed by atoms with Crippen molar-refractivity contribution in [3.63, 3.8) is 0 Å². The molecule has 1 atom stereocenters. The summed E-state index contributed by atoms with van der Waals surface area (Å²) in [4.78, 5) is 11.4. The molecule has 0 aliphatic heterocycles. The molecule has 0 heterocycles. The number of phenols is 1. The first-order chi connectivity index (χ1) is 7.04. The van der Waals surface area contributed by atoms with Crippen LogP contribution in [-0.4, -0.2) is 29.9 Å². The number of aliphatic hydroxyl groups is 1. The van der Waals surface area contributed by atoms with Crippen LogP contribution >= 0.6 is 0 Å². The molecule has 82 valence electrons. The number of carbonyl (C=O) groups excluding carboxylic acids is 1. The van der Waals surface area contributed by atoms with Gasteiger partial charge in [-0.15, -0.1) is 0 Å². The number of carbonyl (C=O) groups is 1. The van der Waals surface area contributed by atoms with Gasteiger partial charge in [0.15, 0.2) is 5.54 Å². The number of ether oxygens (including phenoxy) is 1. The summed E-state index contributed by atoms with van der Waals surface area (Å²) in [5.41, 5.74) is 4.38. The molecule has 0 aliphatic rings. The molecule has 5 heteroatoms. The molecule has 0 amide bonds. The lowest BCUT2D eigenvalue weighted by Crippen LogP contribution is -2.48. The van der Waals surface area contributed by atoms with Crippen molar-refractivity contribution >= 4 is 5.97 Å². The van der Waals surface area contributed by atoms with Crippen molar-refractivity contribution in [3.8, 4) is 5.75 Å². The lowest BCUT2D eigenvalue weighted by atomic mass is 9.92. The van der Waals surface area contributed by atoms with Crippen LogP contribution in [0.3, 0.4) is 0 Å². The first-order valence-corrected chi connectivity index (χ1v) is 4.32. The van der Waals surface area contributed by atoms with Crippen LogP contribution in [0.2, 0.25) is 0 Å². The van der Waals surface area contributed by atoms with E-state index in [2.05, 4.69) is 4.74 Å². The first-order valence-electron chi connectivity index (χ1n) is 4.32. The van der Waals surface area contributed by atoms with Crippen molar-refractivity contribution in [2.24, 2.45) is 5.73 Å². The van der Waals surface area contributed by atoms with Gasteiger partial charge in [-0.1, -0.05) is 12.1 Å². The average molecular weight is 211 g/mol. The molecule has 1 aromatic carbocycles. The Hall–Kier alpha value is -1.59. The Balaban J connectivity index is 3.16. The van der Waals surface area contributed by atoms with E-state index in [4.69, 9.17) is 10.8 Å². The van der Waals surface area contributed by atoms with Crippen molar-refractivity contribution in [1.82, 2.24) is 0 Å². The highest BCUT2D eigenvalue weighted by Crippen LogP contribution is 2.22. The predicted octanol–water partition coefficient (Wildman–Crippen LogP) is -0.288. The van der Waals surface area contributed by atoms with Crippen LogP contribution in [-0.2, 0) is 15.1 Å². The molecule has 0 aromatic heterocycles. The van der Waals surface area contributed by atoms with Gasteiger partial charge in [0.2, 0.25) is 0 Å². The van der Waals surface area contributed by atoms with E-state index < -0.39 is 18.1 Å². The number of phenolic OH excluding ortho intramolecular Hbond substituents is 1. The smallest absolute Gasteiger partial charge is 0.332 e. The number of aliphatic hydroxyl groups excluding tert-OH is 1. The Kier molecular flexibility index (Phi) is 3.28. The quantitative estimate of drug-likeness (QED) is 0.597. The molecule has 1 unspecified atom stereocenters. The van der Waals surface area contributed by atoms with Crippen molar-refractivity contribution in [3.05, 3.63) is 29.8 Å². The summed E-state index contributed by atoms with van der Waals surface area (Å²) in [7, 11) is 1.18. The lowest BCUT2D eigenvalue weighted by Gasteiger charge is -2.24. The van der Waals surface area contributed by atoms with Crippen molar-refractivity contribution < 1.29 is 19.7 Å². The molecule has 0 aliphatic carbocycles. The van der Waals surface area contributed by atoms with Gasteiger partial charge in [-0.25, -0.2) is 4.79 Å². The van der Waals surface area contributed by atoms with Crippen LogP contribution in [0.5, 0.6) is 5.75 Å². The van der Waals surface area contributed by atoms with Crippen LogP contribution in [0.15, 0.2) is 24.3 Å². The summed E-state index contributed by atoms with van der Waals surface area (Å²) in [6.07, 6.45) is 0. The fraction of sp³-hybridized carbons (Fsp3) is 0.300. The summed E-state index contributed by atoms with van der Waals surface area (Å²) in [5.74, 6) is -0.782. The van der Waals surface area contributed by atoms with E-state index >= 15 is 0 Å². The molecular formula is C10H13NO4. The van der Waals surface area contributed by atoms with Gasteiger partial charge in [-0.2, -0.15) is 0 Å². The van der Waals surface area contributed by atoms with E-state index in [1.165, 1.54) is 31.4 Å². The molecule has 1 rings (SSSR count). The Morgan fingerprint density at radius 3 is 2.73 bits per heavy atom. The third-order valence-electron chi connectivity index (χ3n) is 2.16. The molecule has 0 bridgehead atoms. The molecular weight excluding hydrogens is 198 g/mol. The van der Waals surface area contributed by atoms with Crippen LogP contribution < -0.4 is 5.73 Å². The zero-order valence-corrected chi connectivity index (χ0v) is 8.30. The molecule has 0 spiro atoms. The fourth-order valence-electron chi connectivity index (χ4n) is 1.24. The normalized spacial score (nSPS) is 14.3.